The monoisotopic (exact) mass is 254 g/mol. The van der Waals surface area contributed by atoms with Gasteiger partial charge in [-0.15, -0.1) is 0 Å². The van der Waals surface area contributed by atoms with Crippen molar-refractivity contribution < 1.29 is 9.53 Å². The summed E-state index contributed by atoms with van der Waals surface area (Å²) in [5, 5.41) is 0. The molecule has 2 aromatic rings. The number of carbonyl (C=O) groups is 1. The fourth-order valence-electron chi connectivity index (χ4n) is 2.07. The van der Waals surface area contributed by atoms with Crippen LogP contribution in [0.4, 0.5) is 0 Å². The highest BCUT2D eigenvalue weighted by molar-refractivity contribution is 5.96. The molecule has 2 rings (SSSR count). The number of carbonyl (C=O) groups excluding carboxylic acids is 1. The zero-order valence-corrected chi connectivity index (χ0v) is 11.3. The van der Waals surface area contributed by atoms with Gasteiger partial charge in [-0.3, -0.25) is 4.79 Å². The van der Waals surface area contributed by atoms with E-state index < -0.39 is 0 Å². The Balaban J connectivity index is 2.04. The van der Waals surface area contributed by atoms with Gasteiger partial charge < -0.3 is 4.74 Å². The first-order chi connectivity index (χ1) is 9.20. The highest BCUT2D eigenvalue weighted by Gasteiger charge is 2.12. The number of hydrogen-bond acceptors (Lipinski definition) is 2. The van der Waals surface area contributed by atoms with Crippen LogP contribution in [0.2, 0.25) is 0 Å². The van der Waals surface area contributed by atoms with Gasteiger partial charge in [0.25, 0.3) is 0 Å². The molecule has 0 fully saturated rings. The minimum absolute atomic E-state index is 0.166. The summed E-state index contributed by atoms with van der Waals surface area (Å²) in [4.78, 5) is 12.2. The third kappa shape index (κ3) is 3.44. The van der Waals surface area contributed by atoms with Crippen molar-refractivity contribution in [2.75, 3.05) is 7.11 Å². The Kier molecular flexibility index (Phi) is 4.35. The van der Waals surface area contributed by atoms with E-state index in [1.54, 1.807) is 7.11 Å². The fraction of sp³-hybridized carbons (Fsp3) is 0.235. The van der Waals surface area contributed by atoms with Crippen molar-refractivity contribution in [1.29, 1.82) is 0 Å². The molecule has 0 saturated carbocycles. The molecular formula is C17H18O2. The maximum atomic E-state index is 12.2. The lowest BCUT2D eigenvalue weighted by Gasteiger charge is -2.11. The van der Waals surface area contributed by atoms with Gasteiger partial charge in [0.1, 0.15) is 5.75 Å². The third-order valence-corrected chi connectivity index (χ3v) is 3.27. The lowest BCUT2D eigenvalue weighted by molar-refractivity contribution is 0.0975. The number of hydrogen-bond donors (Lipinski definition) is 0. The molecule has 0 aromatic heterocycles. The molecule has 0 aliphatic carbocycles. The van der Waals surface area contributed by atoms with Gasteiger partial charge in [-0.2, -0.15) is 0 Å². The fourth-order valence-corrected chi connectivity index (χ4v) is 2.07. The summed E-state index contributed by atoms with van der Waals surface area (Å²) in [6, 6.07) is 17.4. The molecule has 1 atom stereocenters. The van der Waals surface area contributed by atoms with Crippen molar-refractivity contribution in [1.82, 2.24) is 0 Å². The predicted octanol–water partition coefficient (Wildman–Crippen LogP) is 4.07. The van der Waals surface area contributed by atoms with Crippen molar-refractivity contribution in [2.24, 2.45) is 0 Å². The van der Waals surface area contributed by atoms with Gasteiger partial charge in [0.15, 0.2) is 5.78 Å². The maximum absolute atomic E-state index is 12.2. The molecule has 0 radical (unpaired) electrons. The Bertz CT molecular complexity index is 529. The van der Waals surface area contributed by atoms with Gasteiger partial charge >= 0.3 is 0 Å². The maximum Gasteiger partial charge on any atom is 0.163 e. The van der Waals surface area contributed by atoms with E-state index in [1.807, 2.05) is 42.5 Å². The molecule has 19 heavy (non-hydrogen) atoms. The normalized spacial score (nSPS) is 11.9. The highest BCUT2D eigenvalue weighted by atomic mass is 16.5. The summed E-state index contributed by atoms with van der Waals surface area (Å²) in [5.74, 6) is 1.17. The number of rotatable bonds is 5. The summed E-state index contributed by atoms with van der Waals surface area (Å²) in [6.07, 6.45) is 0.524. The summed E-state index contributed by atoms with van der Waals surface area (Å²) < 4.78 is 5.09. The highest BCUT2D eigenvalue weighted by Crippen LogP contribution is 2.21. The van der Waals surface area contributed by atoms with Gasteiger partial charge in [0.2, 0.25) is 0 Å². The first kappa shape index (κ1) is 13.3. The SMILES string of the molecule is COc1ccc(C(=O)C[C@@H](C)c2ccccc2)cc1. The third-order valence-electron chi connectivity index (χ3n) is 3.27. The molecule has 0 saturated heterocycles. The molecule has 2 aromatic carbocycles. The molecular weight excluding hydrogens is 236 g/mol. The van der Waals surface area contributed by atoms with E-state index in [9.17, 15) is 4.79 Å². The van der Waals surface area contributed by atoms with E-state index in [0.717, 1.165) is 11.3 Å². The Labute approximate surface area is 114 Å². The number of ether oxygens (including phenoxy) is 1. The van der Waals surface area contributed by atoms with Gasteiger partial charge in [0.05, 0.1) is 7.11 Å². The molecule has 0 bridgehead atoms. The first-order valence-corrected chi connectivity index (χ1v) is 6.43. The molecule has 0 aliphatic heterocycles. The molecule has 0 unspecified atom stereocenters. The smallest absolute Gasteiger partial charge is 0.163 e. The Morgan fingerprint density at radius 3 is 2.26 bits per heavy atom. The number of ketones is 1. The van der Waals surface area contributed by atoms with E-state index in [-0.39, 0.29) is 11.7 Å². The van der Waals surface area contributed by atoms with Crippen LogP contribution < -0.4 is 4.74 Å². The number of methoxy groups -OCH3 is 1. The van der Waals surface area contributed by atoms with Gasteiger partial charge in [-0.05, 0) is 35.7 Å². The zero-order valence-electron chi connectivity index (χ0n) is 11.3. The standard InChI is InChI=1S/C17H18O2/c1-13(14-6-4-3-5-7-14)12-17(18)15-8-10-16(19-2)11-9-15/h3-11,13H,12H2,1-2H3/t13-/m1/s1. The zero-order chi connectivity index (χ0) is 13.7. The van der Waals surface area contributed by atoms with E-state index >= 15 is 0 Å². The second-order valence-electron chi connectivity index (χ2n) is 4.67. The van der Waals surface area contributed by atoms with Crippen molar-refractivity contribution in [3.05, 3.63) is 65.7 Å². The average Bonchev–Trinajstić information content (AvgIpc) is 2.48. The molecule has 98 valence electrons. The van der Waals surface area contributed by atoms with Crippen LogP contribution in [0.3, 0.4) is 0 Å². The first-order valence-electron chi connectivity index (χ1n) is 6.43. The van der Waals surface area contributed by atoms with Crippen LogP contribution in [0.5, 0.6) is 5.75 Å². The minimum atomic E-state index is 0.166. The summed E-state index contributed by atoms with van der Waals surface area (Å²) in [7, 11) is 1.62. The van der Waals surface area contributed by atoms with E-state index in [2.05, 4.69) is 19.1 Å². The molecule has 0 amide bonds. The van der Waals surface area contributed by atoms with E-state index in [4.69, 9.17) is 4.74 Å². The van der Waals surface area contributed by atoms with Crippen LogP contribution in [-0.4, -0.2) is 12.9 Å². The second kappa shape index (κ2) is 6.19. The van der Waals surface area contributed by atoms with Crippen molar-refractivity contribution >= 4 is 5.78 Å². The van der Waals surface area contributed by atoms with Gasteiger partial charge in [-0.25, -0.2) is 0 Å². The van der Waals surface area contributed by atoms with Crippen LogP contribution in [0.25, 0.3) is 0 Å². The van der Waals surface area contributed by atoms with Crippen LogP contribution in [0.15, 0.2) is 54.6 Å². The Morgan fingerprint density at radius 1 is 1.05 bits per heavy atom. The molecule has 0 spiro atoms. The van der Waals surface area contributed by atoms with Crippen LogP contribution in [0, 0.1) is 0 Å². The summed E-state index contributed by atoms with van der Waals surface area (Å²) in [6.45, 7) is 2.08. The van der Waals surface area contributed by atoms with Crippen molar-refractivity contribution in [3.8, 4) is 5.75 Å². The summed E-state index contributed by atoms with van der Waals surface area (Å²) in [5.41, 5.74) is 1.94. The van der Waals surface area contributed by atoms with Gasteiger partial charge in [0, 0.05) is 12.0 Å². The van der Waals surface area contributed by atoms with Crippen molar-refractivity contribution in [3.63, 3.8) is 0 Å². The predicted molar refractivity (Wildman–Crippen MR) is 76.8 cm³/mol. The minimum Gasteiger partial charge on any atom is -0.497 e. The Morgan fingerprint density at radius 2 is 1.68 bits per heavy atom. The summed E-state index contributed by atoms with van der Waals surface area (Å²) >= 11 is 0. The molecule has 2 heteroatoms. The molecule has 0 heterocycles. The lowest BCUT2D eigenvalue weighted by atomic mass is 9.93. The number of Topliss-reactive ketones (excluding diaryl/α,β-unsaturated/α-hetero) is 1. The Hall–Kier alpha value is -2.09. The van der Waals surface area contributed by atoms with Crippen LogP contribution in [-0.2, 0) is 0 Å². The van der Waals surface area contributed by atoms with E-state index in [0.29, 0.717) is 6.42 Å². The molecule has 0 N–H and O–H groups in total. The quantitative estimate of drug-likeness (QED) is 0.752. The second-order valence-corrected chi connectivity index (χ2v) is 4.67. The van der Waals surface area contributed by atoms with Gasteiger partial charge in [-0.1, -0.05) is 37.3 Å². The largest absolute Gasteiger partial charge is 0.497 e. The topological polar surface area (TPSA) is 26.3 Å². The number of benzene rings is 2. The molecule has 2 nitrogen and oxygen atoms in total. The molecule has 0 aliphatic rings. The van der Waals surface area contributed by atoms with Crippen molar-refractivity contribution in [2.45, 2.75) is 19.3 Å². The average molecular weight is 254 g/mol. The lowest BCUT2D eigenvalue weighted by Crippen LogP contribution is -2.05. The van der Waals surface area contributed by atoms with Crippen LogP contribution >= 0.6 is 0 Å². The van der Waals surface area contributed by atoms with Crippen LogP contribution in [0.1, 0.15) is 35.2 Å². The van der Waals surface area contributed by atoms with E-state index in [1.165, 1.54) is 5.56 Å².